The van der Waals surface area contributed by atoms with E-state index in [0.29, 0.717) is 6.54 Å². The van der Waals surface area contributed by atoms with Crippen molar-refractivity contribution in [1.82, 2.24) is 14.5 Å². The zero-order valence-corrected chi connectivity index (χ0v) is 20.3. The van der Waals surface area contributed by atoms with E-state index in [-0.39, 0.29) is 24.6 Å². The molecule has 0 saturated heterocycles. The van der Waals surface area contributed by atoms with E-state index in [1.807, 2.05) is 84.3 Å². The normalized spacial score (nSPS) is 15.1. The van der Waals surface area contributed by atoms with Crippen LogP contribution in [0.25, 0.3) is 11.0 Å². The van der Waals surface area contributed by atoms with Crippen LogP contribution < -0.4 is 4.74 Å². The molecule has 1 aliphatic rings. The van der Waals surface area contributed by atoms with Gasteiger partial charge < -0.3 is 14.2 Å². The third-order valence-electron chi connectivity index (χ3n) is 6.93. The van der Waals surface area contributed by atoms with Gasteiger partial charge in [0.05, 0.1) is 11.0 Å². The summed E-state index contributed by atoms with van der Waals surface area (Å²) in [6.07, 6.45) is 5.48. The van der Waals surface area contributed by atoms with Gasteiger partial charge in [-0.2, -0.15) is 0 Å². The molecule has 0 aliphatic heterocycles. The smallest absolute Gasteiger partial charge is 0.243 e. The molecular weight excluding hydrogens is 434 g/mol. The van der Waals surface area contributed by atoms with Crippen LogP contribution in [0.2, 0.25) is 0 Å². The summed E-state index contributed by atoms with van der Waals surface area (Å²) >= 11 is 0. The first-order valence-electron chi connectivity index (χ1n) is 12.7. The Morgan fingerprint density at radius 2 is 1.60 bits per heavy atom. The number of hydrogen-bond acceptors (Lipinski definition) is 3. The monoisotopic (exact) mass is 467 g/mol. The first-order chi connectivity index (χ1) is 17.2. The van der Waals surface area contributed by atoms with Gasteiger partial charge in [-0.1, -0.05) is 79.9 Å². The quantitative estimate of drug-likeness (QED) is 0.296. The highest BCUT2D eigenvalue weighted by Gasteiger charge is 2.28. The number of imidazole rings is 1. The van der Waals surface area contributed by atoms with Crippen LogP contribution in [-0.4, -0.2) is 26.4 Å². The highest BCUT2D eigenvalue weighted by molar-refractivity contribution is 5.81. The molecule has 1 atom stereocenters. The van der Waals surface area contributed by atoms with E-state index in [1.165, 1.54) is 24.8 Å². The van der Waals surface area contributed by atoms with Gasteiger partial charge in [0.1, 0.15) is 12.3 Å². The third kappa shape index (κ3) is 5.40. The Kier molecular flexibility index (Phi) is 7.12. The number of para-hydroxylation sites is 3. The number of fused-ring (bicyclic) bond motifs is 1. The van der Waals surface area contributed by atoms with E-state index in [9.17, 15) is 4.79 Å². The summed E-state index contributed by atoms with van der Waals surface area (Å²) in [4.78, 5) is 20.9. The highest BCUT2D eigenvalue weighted by Crippen LogP contribution is 2.28. The lowest BCUT2D eigenvalue weighted by Crippen LogP contribution is -2.42. The minimum atomic E-state index is -0.296. The summed E-state index contributed by atoms with van der Waals surface area (Å²) in [7, 11) is 0. The summed E-state index contributed by atoms with van der Waals surface area (Å²) in [5.41, 5.74) is 3.01. The van der Waals surface area contributed by atoms with Crippen LogP contribution in [0, 0.1) is 0 Å². The number of ether oxygens (including phenoxy) is 1. The lowest BCUT2D eigenvalue weighted by atomic mass is 9.93. The number of benzene rings is 3. The standard InChI is InChI=1S/C30H33N3O2/c1-23(35-26-17-9-4-10-18-26)30-31-27-19-11-12-20-28(27)33(30)22-29(34)32(25-15-7-3-8-16-25)21-24-13-5-2-6-14-24/h2,4-6,9-14,17-20,23,25H,3,7-8,15-16,21-22H2,1H3. The number of rotatable bonds is 8. The summed E-state index contributed by atoms with van der Waals surface area (Å²) < 4.78 is 8.26. The summed E-state index contributed by atoms with van der Waals surface area (Å²) in [6, 6.07) is 28.4. The number of carbonyl (C=O) groups is 1. The first-order valence-corrected chi connectivity index (χ1v) is 12.7. The van der Waals surface area contributed by atoms with Crippen LogP contribution in [0.15, 0.2) is 84.9 Å². The van der Waals surface area contributed by atoms with Gasteiger partial charge in [-0.05, 0) is 49.6 Å². The van der Waals surface area contributed by atoms with Crippen LogP contribution in [0.1, 0.15) is 56.5 Å². The van der Waals surface area contributed by atoms with Gasteiger partial charge in [0.2, 0.25) is 5.91 Å². The molecule has 35 heavy (non-hydrogen) atoms. The van der Waals surface area contributed by atoms with Crippen molar-refractivity contribution < 1.29 is 9.53 Å². The molecule has 1 unspecified atom stereocenters. The van der Waals surface area contributed by atoms with Gasteiger partial charge in [0.25, 0.3) is 0 Å². The minimum Gasteiger partial charge on any atom is -0.483 e. The van der Waals surface area contributed by atoms with Crippen LogP contribution >= 0.6 is 0 Å². The van der Waals surface area contributed by atoms with E-state index in [0.717, 1.165) is 35.4 Å². The fraction of sp³-hybridized carbons (Fsp3) is 0.333. The Bertz CT molecular complexity index is 1250. The Morgan fingerprint density at radius 1 is 0.943 bits per heavy atom. The van der Waals surface area contributed by atoms with Crippen molar-refractivity contribution in [3.8, 4) is 5.75 Å². The molecule has 180 valence electrons. The summed E-state index contributed by atoms with van der Waals surface area (Å²) in [5, 5.41) is 0. The SMILES string of the molecule is CC(Oc1ccccc1)c1nc2ccccc2n1CC(=O)N(Cc1ccccc1)C1CCCCC1. The molecule has 5 rings (SSSR count). The molecule has 1 saturated carbocycles. The zero-order valence-electron chi connectivity index (χ0n) is 20.3. The Labute approximate surface area is 207 Å². The summed E-state index contributed by atoms with van der Waals surface area (Å²) in [5.74, 6) is 1.70. The second-order valence-electron chi connectivity index (χ2n) is 9.42. The molecule has 1 aliphatic carbocycles. The van der Waals surface area contributed by atoms with Gasteiger partial charge in [-0.15, -0.1) is 0 Å². The van der Waals surface area contributed by atoms with Crippen molar-refractivity contribution in [3.63, 3.8) is 0 Å². The van der Waals surface area contributed by atoms with Crippen molar-refractivity contribution >= 4 is 16.9 Å². The number of aromatic nitrogens is 2. The molecule has 1 fully saturated rings. The molecule has 5 heteroatoms. The van der Waals surface area contributed by atoms with Crippen LogP contribution in [0.3, 0.4) is 0 Å². The molecule has 1 aromatic heterocycles. The molecule has 0 bridgehead atoms. The van der Waals surface area contributed by atoms with Gasteiger partial charge in [-0.3, -0.25) is 4.79 Å². The average molecular weight is 468 g/mol. The van der Waals surface area contributed by atoms with Gasteiger partial charge in [0, 0.05) is 12.6 Å². The maximum absolute atomic E-state index is 13.9. The third-order valence-corrected chi connectivity index (χ3v) is 6.93. The zero-order chi connectivity index (χ0) is 24.0. The molecule has 3 aromatic carbocycles. The van der Waals surface area contributed by atoms with Crippen LogP contribution in [0.4, 0.5) is 0 Å². The van der Waals surface area contributed by atoms with Crippen LogP contribution in [-0.2, 0) is 17.9 Å². The lowest BCUT2D eigenvalue weighted by molar-refractivity contribution is -0.135. The number of carbonyl (C=O) groups excluding carboxylic acids is 1. The Hall–Kier alpha value is -3.60. The maximum atomic E-state index is 13.9. The first kappa shape index (κ1) is 23.2. The molecule has 1 heterocycles. The molecule has 4 aromatic rings. The second kappa shape index (κ2) is 10.8. The van der Waals surface area contributed by atoms with Crippen molar-refractivity contribution in [1.29, 1.82) is 0 Å². The predicted molar refractivity (Wildman–Crippen MR) is 139 cm³/mol. The molecule has 0 radical (unpaired) electrons. The van der Waals surface area contributed by atoms with Crippen molar-refractivity contribution in [2.24, 2.45) is 0 Å². The molecule has 0 spiro atoms. The van der Waals surface area contributed by atoms with Gasteiger partial charge >= 0.3 is 0 Å². The average Bonchev–Trinajstić information content (AvgIpc) is 3.27. The summed E-state index contributed by atoms with van der Waals surface area (Å²) in [6.45, 7) is 2.89. The largest absolute Gasteiger partial charge is 0.483 e. The van der Waals surface area contributed by atoms with E-state index < -0.39 is 0 Å². The number of nitrogens with zero attached hydrogens (tertiary/aromatic N) is 3. The topological polar surface area (TPSA) is 47.4 Å². The van der Waals surface area contributed by atoms with E-state index in [2.05, 4.69) is 17.0 Å². The maximum Gasteiger partial charge on any atom is 0.243 e. The minimum absolute atomic E-state index is 0.136. The second-order valence-corrected chi connectivity index (χ2v) is 9.42. The molecular formula is C30H33N3O2. The van der Waals surface area contributed by atoms with E-state index >= 15 is 0 Å². The highest BCUT2D eigenvalue weighted by atomic mass is 16.5. The van der Waals surface area contributed by atoms with E-state index in [1.54, 1.807) is 0 Å². The Balaban J connectivity index is 1.45. The van der Waals surface area contributed by atoms with Crippen LogP contribution in [0.5, 0.6) is 5.75 Å². The number of amides is 1. The van der Waals surface area contributed by atoms with Crippen molar-refractivity contribution in [2.75, 3.05) is 0 Å². The van der Waals surface area contributed by atoms with Crippen molar-refractivity contribution in [3.05, 3.63) is 96.3 Å². The molecule has 5 nitrogen and oxygen atoms in total. The fourth-order valence-corrected chi connectivity index (χ4v) is 5.15. The fourth-order valence-electron chi connectivity index (χ4n) is 5.15. The van der Waals surface area contributed by atoms with Crippen molar-refractivity contribution in [2.45, 2.75) is 64.3 Å². The Morgan fingerprint density at radius 3 is 2.34 bits per heavy atom. The molecule has 1 amide bonds. The van der Waals surface area contributed by atoms with E-state index in [4.69, 9.17) is 9.72 Å². The number of hydrogen-bond donors (Lipinski definition) is 0. The van der Waals surface area contributed by atoms with Gasteiger partial charge in [-0.25, -0.2) is 4.98 Å². The lowest BCUT2D eigenvalue weighted by Gasteiger charge is -2.35. The predicted octanol–water partition coefficient (Wildman–Crippen LogP) is 6.54. The molecule has 0 N–H and O–H groups in total. The van der Waals surface area contributed by atoms with Gasteiger partial charge in [0.15, 0.2) is 11.9 Å².